The molecule has 134 valence electrons. The summed E-state index contributed by atoms with van der Waals surface area (Å²) >= 11 is 0. The third kappa shape index (κ3) is 2.46. The predicted octanol–water partition coefficient (Wildman–Crippen LogP) is 4.30. The highest BCUT2D eigenvalue weighted by molar-refractivity contribution is 6.15. The molecule has 3 aliphatic rings. The van der Waals surface area contributed by atoms with E-state index in [9.17, 15) is 4.79 Å². The van der Waals surface area contributed by atoms with E-state index in [4.69, 9.17) is 13.9 Å². The van der Waals surface area contributed by atoms with E-state index in [2.05, 4.69) is 4.90 Å². The molecule has 0 unspecified atom stereocenters. The molecule has 0 spiro atoms. The molecule has 0 radical (unpaired) electrons. The average molecular weight is 351 g/mol. The molecule has 5 rings (SSSR count). The molecule has 0 bridgehead atoms. The molecule has 2 aromatic rings. The number of hydrogen-bond donors (Lipinski definition) is 0. The Hall–Kier alpha value is -2.53. The van der Waals surface area contributed by atoms with Crippen LogP contribution in [0.25, 0.3) is 6.08 Å². The van der Waals surface area contributed by atoms with Crippen molar-refractivity contribution in [1.29, 1.82) is 0 Å². The summed E-state index contributed by atoms with van der Waals surface area (Å²) in [6.45, 7) is 3.41. The molecule has 5 heteroatoms. The molecule has 5 nitrogen and oxygen atoms in total. The maximum absolute atomic E-state index is 12.8. The number of fused-ring (bicyclic) bond motifs is 2. The Bertz CT molecular complexity index is 891. The quantitative estimate of drug-likeness (QED) is 0.755. The minimum Gasteiger partial charge on any atom is -0.477 e. The van der Waals surface area contributed by atoms with Crippen LogP contribution in [0, 0.1) is 6.92 Å². The van der Waals surface area contributed by atoms with Crippen molar-refractivity contribution in [2.75, 3.05) is 6.73 Å². The van der Waals surface area contributed by atoms with Crippen LogP contribution in [0.15, 0.2) is 34.6 Å². The van der Waals surface area contributed by atoms with Gasteiger partial charge in [0.05, 0.1) is 11.8 Å². The Labute approximate surface area is 152 Å². The maximum atomic E-state index is 12.8. The van der Waals surface area contributed by atoms with Gasteiger partial charge in [0.2, 0.25) is 5.78 Å². The number of furan rings is 1. The van der Waals surface area contributed by atoms with Gasteiger partial charge < -0.3 is 13.9 Å². The van der Waals surface area contributed by atoms with Crippen molar-refractivity contribution < 1.29 is 18.7 Å². The molecule has 1 saturated carbocycles. The molecular formula is C21H21NO4. The van der Waals surface area contributed by atoms with Gasteiger partial charge in [-0.25, -0.2) is 0 Å². The van der Waals surface area contributed by atoms with Crippen molar-refractivity contribution in [2.24, 2.45) is 0 Å². The van der Waals surface area contributed by atoms with Gasteiger partial charge in [-0.2, -0.15) is 0 Å². The number of Topliss-reactive ketones (excluding diaryl/α,β-unsaturated/α-hetero) is 1. The molecule has 0 amide bonds. The summed E-state index contributed by atoms with van der Waals surface area (Å²) in [4.78, 5) is 15.2. The number of allylic oxidation sites excluding steroid dienone is 1. The minimum atomic E-state index is -0.0970. The Morgan fingerprint density at radius 1 is 1.23 bits per heavy atom. The lowest BCUT2D eigenvalue weighted by Crippen LogP contribution is -2.39. The summed E-state index contributed by atoms with van der Waals surface area (Å²) in [7, 11) is 0. The van der Waals surface area contributed by atoms with Crippen molar-refractivity contribution in [3.05, 3.63) is 52.7 Å². The van der Waals surface area contributed by atoms with Gasteiger partial charge in [0.25, 0.3) is 0 Å². The number of ketones is 1. The highest BCUT2D eigenvalue weighted by Crippen LogP contribution is 2.43. The highest BCUT2D eigenvalue weighted by Gasteiger charge is 2.35. The van der Waals surface area contributed by atoms with E-state index in [0.717, 1.165) is 23.4 Å². The SMILES string of the molecule is Cc1c2c(cc3c1O/C(=C\c1ccco1)C3=O)CN(C1CCCC1)CO2. The van der Waals surface area contributed by atoms with Crippen LogP contribution in [-0.2, 0) is 6.54 Å². The van der Waals surface area contributed by atoms with Crippen LogP contribution < -0.4 is 9.47 Å². The zero-order valence-electron chi connectivity index (χ0n) is 14.8. The van der Waals surface area contributed by atoms with E-state index >= 15 is 0 Å². The van der Waals surface area contributed by atoms with E-state index in [-0.39, 0.29) is 5.78 Å². The molecule has 0 atom stereocenters. The standard InChI is InChI=1S/C21H21NO4/c1-13-20-14(11-22(12-25-20)15-5-2-3-6-15)9-17-19(23)18(26-21(13)17)10-16-7-4-8-24-16/h4,7-10,15H,2-3,5-6,11-12H2,1H3/b18-10-. The smallest absolute Gasteiger partial charge is 0.232 e. The lowest BCUT2D eigenvalue weighted by molar-refractivity contribution is 0.0570. The third-order valence-corrected chi connectivity index (χ3v) is 5.62. The van der Waals surface area contributed by atoms with Gasteiger partial charge in [-0.1, -0.05) is 12.8 Å². The zero-order chi connectivity index (χ0) is 17.7. The summed E-state index contributed by atoms with van der Waals surface area (Å²) < 4.78 is 17.3. The van der Waals surface area contributed by atoms with E-state index in [1.54, 1.807) is 24.5 Å². The number of nitrogens with zero attached hydrogens (tertiary/aromatic N) is 1. The summed E-state index contributed by atoms with van der Waals surface area (Å²) in [5.41, 5.74) is 2.60. The van der Waals surface area contributed by atoms with E-state index in [1.165, 1.54) is 25.7 Å². The molecule has 1 aromatic heterocycles. The fourth-order valence-electron chi connectivity index (χ4n) is 4.27. The molecule has 1 aromatic carbocycles. The molecule has 1 aliphatic carbocycles. The van der Waals surface area contributed by atoms with Gasteiger partial charge >= 0.3 is 0 Å². The van der Waals surface area contributed by atoms with E-state index in [1.807, 2.05) is 13.0 Å². The fraction of sp³-hybridized carbons (Fsp3) is 0.381. The fourth-order valence-corrected chi connectivity index (χ4v) is 4.27. The molecule has 26 heavy (non-hydrogen) atoms. The van der Waals surface area contributed by atoms with Crippen molar-refractivity contribution in [2.45, 2.75) is 45.2 Å². The number of ether oxygens (including phenoxy) is 2. The lowest BCUT2D eigenvalue weighted by Gasteiger charge is -2.34. The Morgan fingerprint density at radius 3 is 2.85 bits per heavy atom. The number of hydrogen-bond acceptors (Lipinski definition) is 5. The van der Waals surface area contributed by atoms with Crippen molar-refractivity contribution in [3.8, 4) is 11.5 Å². The largest absolute Gasteiger partial charge is 0.477 e. The second-order valence-electron chi connectivity index (χ2n) is 7.28. The topological polar surface area (TPSA) is 51.9 Å². The predicted molar refractivity (Wildman–Crippen MR) is 96.1 cm³/mol. The highest BCUT2D eigenvalue weighted by atomic mass is 16.5. The third-order valence-electron chi connectivity index (χ3n) is 5.62. The first-order chi connectivity index (χ1) is 12.7. The molecular weight excluding hydrogens is 330 g/mol. The molecule has 2 aliphatic heterocycles. The first-order valence-corrected chi connectivity index (χ1v) is 9.22. The second kappa shape index (κ2) is 6.02. The van der Waals surface area contributed by atoms with Crippen LogP contribution >= 0.6 is 0 Å². The van der Waals surface area contributed by atoms with Crippen molar-refractivity contribution in [3.63, 3.8) is 0 Å². The van der Waals surface area contributed by atoms with Crippen LogP contribution in [-0.4, -0.2) is 23.5 Å². The lowest BCUT2D eigenvalue weighted by atomic mass is 9.99. The summed E-state index contributed by atoms with van der Waals surface area (Å²) in [6, 6.07) is 6.13. The summed E-state index contributed by atoms with van der Waals surface area (Å²) in [6.07, 6.45) is 8.29. The summed E-state index contributed by atoms with van der Waals surface area (Å²) in [5, 5.41) is 0. The Balaban J connectivity index is 1.49. The van der Waals surface area contributed by atoms with Crippen LogP contribution in [0.4, 0.5) is 0 Å². The van der Waals surface area contributed by atoms with Crippen LogP contribution in [0.2, 0.25) is 0 Å². The monoisotopic (exact) mass is 351 g/mol. The molecule has 1 fully saturated rings. The van der Waals surface area contributed by atoms with Crippen molar-refractivity contribution in [1.82, 2.24) is 4.90 Å². The average Bonchev–Trinajstić information content (AvgIpc) is 3.39. The van der Waals surface area contributed by atoms with Gasteiger partial charge in [0, 0.05) is 29.8 Å². The van der Waals surface area contributed by atoms with Gasteiger partial charge in [-0.3, -0.25) is 9.69 Å². The van der Waals surface area contributed by atoms with E-state index in [0.29, 0.717) is 35.6 Å². The van der Waals surface area contributed by atoms with Gasteiger partial charge in [-0.15, -0.1) is 0 Å². The van der Waals surface area contributed by atoms with Crippen molar-refractivity contribution >= 4 is 11.9 Å². The van der Waals surface area contributed by atoms with Crippen LogP contribution in [0.5, 0.6) is 11.5 Å². The van der Waals surface area contributed by atoms with Gasteiger partial charge in [0.1, 0.15) is 24.0 Å². The minimum absolute atomic E-state index is 0.0970. The number of carbonyl (C=O) groups is 1. The Kier molecular flexibility index (Phi) is 3.64. The normalized spacial score (nSPS) is 21.6. The first kappa shape index (κ1) is 15.7. The second-order valence-corrected chi connectivity index (χ2v) is 7.28. The molecule has 0 N–H and O–H groups in total. The van der Waals surface area contributed by atoms with Gasteiger partial charge in [-0.05, 0) is 38.0 Å². The number of carbonyl (C=O) groups excluding carboxylic acids is 1. The van der Waals surface area contributed by atoms with Gasteiger partial charge in [0.15, 0.2) is 5.76 Å². The summed E-state index contributed by atoms with van der Waals surface area (Å²) in [5.74, 6) is 2.28. The van der Waals surface area contributed by atoms with Crippen LogP contribution in [0.1, 0.15) is 52.9 Å². The van der Waals surface area contributed by atoms with E-state index < -0.39 is 0 Å². The maximum Gasteiger partial charge on any atom is 0.232 e. The number of rotatable bonds is 2. The zero-order valence-corrected chi connectivity index (χ0v) is 14.8. The van der Waals surface area contributed by atoms with Crippen LogP contribution in [0.3, 0.4) is 0 Å². The Morgan fingerprint density at radius 2 is 2.08 bits per heavy atom. The number of benzene rings is 1. The molecule has 0 saturated heterocycles. The first-order valence-electron chi connectivity index (χ1n) is 9.22. The molecule has 3 heterocycles.